The van der Waals surface area contributed by atoms with Gasteiger partial charge in [0.25, 0.3) is 0 Å². The summed E-state index contributed by atoms with van der Waals surface area (Å²) in [4.78, 5) is 10.9. The molecule has 28 heavy (non-hydrogen) atoms. The van der Waals surface area contributed by atoms with Crippen LogP contribution in [0, 0.1) is 0 Å². The van der Waals surface area contributed by atoms with Crippen molar-refractivity contribution in [3.63, 3.8) is 0 Å². The second-order valence-electron chi connectivity index (χ2n) is 5.54. The molecule has 0 radical (unpaired) electrons. The molecule has 1 rings (SSSR count). The Morgan fingerprint density at radius 2 is 1.29 bits per heavy atom. The summed E-state index contributed by atoms with van der Waals surface area (Å²) < 4.78 is 32.0. The molecule has 1 amide bonds. The lowest BCUT2D eigenvalue weighted by molar-refractivity contribution is -0.114. The summed E-state index contributed by atoms with van der Waals surface area (Å²) in [7, 11) is 0. The first-order valence-electron chi connectivity index (χ1n) is 9.26. The van der Waals surface area contributed by atoms with Crippen LogP contribution in [0.1, 0.15) is 6.92 Å². The molecule has 0 atom stereocenters. The predicted molar refractivity (Wildman–Crippen MR) is 106 cm³/mol. The van der Waals surface area contributed by atoms with Crippen LogP contribution in [-0.2, 0) is 28.5 Å². The van der Waals surface area contributed by atoms with E-state index in [4.69, 9.17) is 28.4 Å². The SMILES string of the molecule is C=COCCOCCOCCOCCOCCOc1ccc(NC(C)=O)cc1. The second-order valence-corrected chi connectivity index (χ2v) is 5.54. The Morgan fingerprint density at radius 1 is 0.821 bits per heavy atom. The molecule has 0 unspecified atom stereocenters. The Kier molecular flexibility index (Phi) is 14.5. The summed E-state index contributed by atoms with van der Waals surface area (Å²) in [6.07, 6.45) is 1.39. The van der Waals surface area contributed by atoms with Gasteiger partial charge in [-0.05, 0) is 24.3 Å². The quantitative estimate of drug-likeness (QED) is 0.300. The van der Waals surface area contributed by atoms with E-state index >= 15 is 0 Å². The van der Waals surface area contributed by atoms with Crippen LogP contribution in [0.25, 0.3) is 0 Å². The number of carbonyl (C=O) groups is 1. The van der Waals surface area contributed by atoms with Gasteiger partial charge in [-0.25, -0.2) is 0 Å². The van der Waals surface area contributed by atoms with Crippen LogP contribution in [0.2, 0.25) is 0 Å². The summed E-state index contributed by atoms with van der Waals surface area (Å²) in [5.74, 6) is 0.624. The van der Waals surface area contributed by atoms with E-state index in [1.807, 2.05) is 0 Å². The lowest BCUT2D eigenvalue weighted by Crippen LogP contribution is -2.14. The van der Waals surface area contributed by atoms with Gasteiger partial charge in [0.15, 0.2) is 0 Å². The Labute approximate surface area is 166 Å². The highest BCUT2D eigenvalue weighted by molar-refractivity contribution is 5.88. The largest absolute Gasteiger partial charge is 0.499 e. The Hall–Kier alpha value is -2.13. The highest BCUT2D eigenvalue weighted by atomic mass is 16.6. The van der Waals surface area contributed by atoms with E-state index < -0.39 is 0 Å². The number of anilines is 1. The molecule has 0 heterocycles. The fraction of sp³-hybridized carbons (Fsp3) is 0.550. The molecule has 8 heteroatoms. The van der Waals surface area contributed by atoms with Crippen LogP contribution >= 0.6 is 0 Å². The molecule has 0 aliphatic heterocycles. The molecule has 1 aromatic rings. The lowest BCUT2D eigenvalue weighted by Gasteiger charge is -2.09. The molecule has 0 fully saturated rings. The molecule has 0 aromatic heterocycles. The number of hydrogen-bond acceptors (Lipinski definition) is 7. The first-order chi connectivity index (χ1) is 13.7. The van der Waals surface area contributed by atoms with Gasteiger partial charge in [-0.1, -0.05) is 6.58 Å². The van der Waals surface area contributed by atoms with E-state index in [1.54, 1.807) is 24.3 Å². The van der Waals surface area contributed by atoms with Crippen molar-refractivity contribution in [2.45, 2.75) is 6.92 Å². The van der Waals surface area contributed by atoms with Gasteiger partial charge >= 0.3 is 0 Å². The maximum Gasteiger partial charge on any atom is 0.221 e. The molecule has 1 aromatic carbocycles. The lowest BCUT2D eigenvalue weighted by atomic mass is 10.3. The molecule has 0 saturated carbocycles. The second kappa shape index (κ2) is 17.0. The molecule has 0 aliphatic rings. The van der Waals surface area contributed by atoms with Crippen LogP contribution < -0.4 is 10.1 Å². The summed E-state index contributed by atoms with van der Waals surface area (Å²) in [5.41, 5.74) is 0.739. The predicted octanol–water partition coefficient (Wildman–Crippen LogP) is 2.25. The van der Waals surface area contributed by atoms with Gasteiger partial charge in [0, 0.05) is 12.6 Å². The molecule has 158 valence electrons. The average molecular weight is 397 g/mol. The van der Waals surface area contributed by atoms with Crippen molar-refractivity contribution in [3.8, 4) is 5.75 Å². The fourth-order valence-electron chi connectivity index (χ4n) is 2.01. The van der Waals surface area contributed by atoms with Crippen molar-refractivity contribution in [1.82, 2.24) is 0 Å². The topological polar surface area (TPSA) is 84.5 Å². The Morgan fingerprint density at radius 3 is 1.75 bits per heavy atom. The van der Waals surface area contributed by atoms with Crippen LogP contribution in [0.4, 0.5) is 5.69 Å². The van der Waals surface area contributed by atoms with Crippen molar-refractivity contribution in [3.05, 3.63) is 37.1 Å². The minimum atomic E-state index is -0.102. The summed E-state index contributed by atoms with van der Waals surface area (Å²) in [6.45, 7) is 9.94. The third-order valence-electron chi connectivity index (χ3n) is 3.25. The minimum Gasteiger partial charge on any atom is -0.499 e. The molecule has 0 aliphatic carbocycles. The summed E-state index contributed by atoms with van der Waals surface area (Å²) >= 11 is 0. The molecule has 0 spiro atoms. The van der Waals surface area contributed by atoms with Crippen molar-refractivity contribution >= 4 is 11.6 Å². The zero-order chi connectivity index (χ0) is 20.3. The molecule has 1 N–H and O–H groups in total. The Bertz CT molecular complexity index is 522. The molecular formula is C20H31NO7. The minimum absolute atomic E-state index is 0.102. The maximum absolute atomic E-state index is 10.9. The number of benzene rings is 1. The van der Waals surface area contributed by atoms with Gasteiger partial charge in [0.2, 0.25) is 5.91 Å². The maximum atomic E-state index is 10.9. The third-order valence-corrected chi connectivity index (χ3v) is 3.25. The van der Waals surface area contributed by atoms with E-state index in [9.17, 15) is 4.79 Å². The molecule has 8 nitrogen and oxygen atoms in total. The highest BCUT2D eigenvalue weighted by Gasteiger charge is 1.98. The molecular weight excluding hydrogens is 366 g/mol. The van der Waals surface area contributed by atoms with Crippen molar-refractivity contribution in [2.24, 2.45) is 0 Å². The number of rotatable bonds is 18. The highest BCUT2D eigenvalue weighted by Crippen LogP contribution is 2.15. The normalized spacial score (nSPS) is 10.5. The summed E-state index contributed by atoms with van der Waals surface area (Å²) in [5, 5.41) is 2.70. The standard InChI is InChI=1S/C20H31NO7/c1-3-23-8-9-24-10-11-25-12-13-26-14-15-27-16-17-28-20-6-4-19(5-7-20)21-18(2)22/h3-7H,1,8-17H2,2H3,(H,21,22). The van der Waals surface area contributed by atoms with Crippen molar-refractivity contribution in [1.29, 1.82) is 0 Å². The first kappa shape index (κ1) is 23.9. The van der Waals surface area contributed by atoms with Crippen molar-refractivity contribution in [2.75, 3.05) is 71.4 Å². The molecule has 0 saturated heterocycles. The van der Waals surface area contributed by atoms with Crippen LogP contribution in [-0.4, -0.2) is 72.0 Å². The third kappa shape index (κ3) is 14.0. The number of hydrogen-bond donors (Lipinski definition) is 1. The number of ether oxygens (including phenoxy) is 6. The van der Waals surface area contributed by atoms with E-state index in [0.717, 1.165) is 11.4 Å². The number of carbonyl (C=O) groups excluding carboxylic acids is 1. The van der Waals surface area contributed by atoms with Gasteiger partial charge < -0.3 is 33.7 Å². The first-order valence-corrected chi connectivity index (χ1v) is 9.26. The van der Waals surface area contributed by atoms with Gasteiger partial charge in [0.05, 0.1) is 59.1 Å². The monoisotopic (exact) mass is 397 g/mol. The fourth-order valence-corrected chi connectivity index (χ4v) is 2.01. The van der Waals surface area contributed by atoms with E-state index in [2.05, 4.69) is 11.9 Å². The smallest absolute Gasteiger partial charge is 0.221 e. The number of nitrogens with one attached hydrogen (secondary N) is 1. The van der Waals surface area contributed by atoms with E-state index in [1.165, 1.54) is 13.2 Å². The van der Waals surface area contributed by atoms with E-state index in [0.29, 0.717) is 66.1 Å². The van der Waals surface area contributed by atoms with Crippen LogP contribution in [0.5, 0.6) is 5.75 Å². The Balaban J connectivity index is 1.83. The average Bonchev–Trinajstić information content (AvgIpc) is 2.68. The van der Waals surface area contributed by atoms with Gasteiger partial charge in [-0.3, -0.25) is 4.79 Å². The van der Waals surface area contributed by atoms with Gasteiger partial charge in [-0.15, -0.1) is 0 Å². The van der Waals surface area contributed by atoms with Gasteiger partial charge in [-0.2, -0.15) is 0 Å². The van der Waals surface area contributed by atoms with Crippen LogP contribution in [0.15, 0.2) is 37.1 Å². The van der Waals surface area contributed by atoms with Crippen LogP contribution in [0.3, 0.4) is 0 Å². The summed E-state index contributed by atoms with van der Waals surface area (Å²) in [6, 6.07) is 7.18. The number of amides is 1. The zero-order valence-electron chi connectivity index (χ0n) is 16.5. The molecule has 0 bridgehead atoms. The van der Waals surface area contributed by atoms with Crippen molar-refractivity contribution < 1.29 is 33.2 Å². The van der Waals surface area contributed by atoms with E-state index in [-0.39, 0.29) is 5.91 Å². The van der Waals surface area contributed by atoms with Gasteiger partial charge in [0.1, 0.15) is 19.0 Å². The zero-order valence-corrected chi connectivity index (χ0v) is 16.5.